The fourth-order valence-corrected chi connectivity index (χ4v) is 13.8. The van der Waals surface area contributed by atoms with Crippen molar-refractivity contribution in [3.63, 3.8) is 0 Å². The molecule has 0 N–H and O–H groups in total. The van der Waals surface area contributed by atoms with Crippen molar-refractivity contribution in [1.82, 2.24) is 0 Å². The zero-order chi connectivity index (χ0) is 59.6. The van der Waals surface area contributed by atoms with E-state index >= 15 is 0 Å². The molecule has 3 aliphatic rings. The molecule has 81 heavy (non-hydrogen) atoms. The average molecular weight is 1340 g/mol. The summed E-state index contributed by atoms with van der Waals surface area (Å²) >= 11 is 14.6. The van der Waals surface area contributed by atoms with Gasteiger partial charge < -0.3 is 0 Å². The molecule has 3 saturated carbocycles. The van der Waals surface area contributed by atoms with Gasteiger partial charge in [-0.25, -0.2) is 0 Å². The third kappa shape index (κ3) is 19.1. The van der Waals surface area contributed by atoms with Crippen LogP contribution in [0.4, 0.5) is 0 Å². The Labute approximate surface area is 526 Å². The average Bonchev–Trinajstić information content (AvgIpc) is 4.41. The summed E-state index contributed by atoms with van der Waals surface area (Å²) in [6.07, 6.45) is 10.6. The highest BCUT2D eigenvalue weighted by Crippen LogP contribution is 2.58. The molecule has 0 radical (unpaired) electrons. The Bertz CT molecular complexity index is 2890. The van der Waals surface area contributed by atoms with Crippen LogP contribution in [0.15, 0.2) is 188 Å². The van der Waals surface area contributed by atoms with E-state index in [-0.39, 0.29) is 10.8 Å². The molecule has 0 aliphatic heterocycles. The van der Waals surface area contributed by atoms with Crippen molar-refractivity contribution in [2.75, 3.05) is 0 Å². The van der Waals surface area contributed by atoms with E-state index in [0.29, 0.717) is 0 Å². The standard InChI is InChI=1S/C17H16Br4.C17H20.C15H16.C14H14.C10H16.2C2H6/c1-9-13(18)5-11(6-14(9)19)17(3,4)12-7-15(20)10(2)16(21)8-12;1-13-5-9-15(10-6-13)17(3,4)16-11-7-14(2)8-12-16;1-12-3-7-14(8-4-12)11-15-9-5-13(2)6-10-15;1-11-3-7-13(8-4-11)14-9-5-12(2)6-10-14;1-2-9-7-4-5-8(6-7)10(9)3-1;2*1-2/h5-8H,1-4H3;5-12H,1-4H3;3-10H,11H2,1-2H3;3-10H,1-2H3;7-10H,1-6H2;2*1-2H3. The molecule has 0 nitrogen and oxygen atoms in total. The summed E-state index contributed by atoms with van der Waals surface area (Å²) in [7, 11) is 0. The second-order valence-electron chi connectivity index (χ2n) is 23.6. The summed E-state index contributed by atoms with van der Waals surface area (Å²) in [6.45, 7) is 34.0. The minimum Gasteiger partial charge on any atom is -0.0683 e. The second-order valence-corrected chi connectivity index (χ2v) is 27.0. The van der Waals surface area contributed by atoms with Crippen molar-refractivity contribution >= 4 is 63.7 Å². The lowest BCUT2D eigenvalue weighted by atomic mass is 9.78. The summed E-state index contributed by atoms with van der Waals surface area (Å²) < 4.78 is 4.52. The van der Waals surface area contributed by atoms with E-state index in [9.17, 15) is 0 Å². The molecule has 3 aliphatic carbocycles. The summed E-state index contributed by atoms with van der Waals surface area (Å²) in [5.41, 5.74) is 20.9. The first-order chi connectivity index (χ1) is 38.6. The SMILES string of the molecule is C1CC2C3CCC(C3)C2C1.CC.CC.Cc1c(Br)cc(C(C)(C)c2cc(Br)c(C)c(Br)c2)cc1Br.Cc1ccc(-c2ccc(C)cc2)cc1.Cc1ccc(C(C)(C)c2ccc(C)cc2)cc1.Cc1ccc(Cc2ccc(C)cc2)cc1. The van der Waals surface area contributed by atoms with E-state index in [2.05, 4.69) is 317 Å². The van der Waals surface area contributed by atoms with Gasteiger partial charge in [0.05, 0.1) is 0 Å². The Balaban J connectivity index is 0.000000185. The number of halogens is 4. The number of aryl methyl sites for hydroxylation is 6. The minimum atomic E-state index is -0.0858. The Morgan fingerprint density at radius 3 is 0.864 bits per heavy atom. The van der Waals surface area contributed by atoms with E-state index < -0.39 is 0 Å². The molecule has 4 atom stereocenters. The van der Waals surface area contributed by atoms with Crippen LogP contribution in [-0.2, 0) is 17.3 Å². The molecular formula is C77H94Br4. The van der Waals surface area contributed by atoms with Gasteiger partial charge in [0.25, 0.3) is 0 Å². The lowest BCUT2D eigenvalue weighted by molar-refractivity contribution is 0.259. The highest BCUT2D eigenvalue weighted by molar-refractivity contribution is 9.11. The van der Waals surface area contributed by atoms with Crippen LogP contribution >= 0.6 is 63.7 Å². The molecule has 0 aromatic heterocycles. The molecule has 0 amide bonds. The topological polar surface area (TPSA) is 0 Å². The first-order valence-electron chi connectivity index (χ1n) is 29.9. The number of fused-ring (bicyclic) bond motifs is 5. The first kappa shape index (κ1) is 67.5. The maximum Gasteiger partial charge on any atom is 0.0218 e. The molecule has 4 unspecified atom stereocenters. The van der Waals surface area contributed by atoms with Gasteiger partial charge in [-0.3, -0.25) is 0 Å². The van der Waals surface area contributed by atoms with Crippen LogP contribution in [0.1, 0.15) is 172 Å². The molecule has 8 aromatic carbocycles. The normalized spacial score (nSPS) is 16.4. The lowest BCUT2D eigenvalue weighted by Crippen LogP contribution is -2.19. The Kier molecular flexibility index (Phi) is 26.7. The first-order valence-corrected chi connectivity index (χ1v) is 33.1. The monoisotopic (exact) mass is 1330 g/mol. The van der Waals surface area contributed by atoms with Gasteiger partial charge in [-0.1, -0.05) is 305 Å². The van der Waals surface area contributed by atoms with Crippen molar-refractivity contribution in [3.05, 3.63) is 266 Å². The van der Waals surface area contributed by atoms with Gasteiger partial charge >= 0.3 is 0 Å². The third-order valence-corrected chi connectivity index (χ3v) is 20.3. The fourth-order valence-electron chi connectivity index (χ4n) is 11.4. The second kappa shape index (κ2) is 32.1. The predicted molar refractivity (Wildman–Crippen MR) is 371 cm³/mol. The Hall–Kier alpha value is -4.32. The van der Waals surface area contributed by atoms with Crippen LogP contribution in [0.25, 0.3) is 11.1 Å². The van der Waals surface area contributed by atoms with Crippen LogP contribution in [0.3, 0.4) is 0 Å². The summed E-state index contributed by atoms with van der Waals surface area (Å²) in [5, 5.41) is 0. The predicted octanol–water partition coefficient (Wildman–Crippen LogP) is 25.1. The third-order valence-electron chi connectivity index (χ3n) is 17.0. The minimum absolute atomic E-state index is 0.0708. The Morgan fingerprint density at radius 2 is 0.580 bits per heavy atom. The Morgan fingerprint density at radius 1 is 0.333 bits per heavy atom. The molecule has 0 heterocycles. The number of hydrogen-bond donors (Lipinski definition) is 0. The molecule has 4 heteroatoms. The van der Waals surface area contributed by atoms with Gasteiger partial charge in [0.15, 0.2) is 0 Å². The van der Waals surface area contributed by atoms with E-state index in [1.165, 1.54) is 113 Å². The number of benzene rings is 8. The van der Waals surface area contributed by atoms with Crippen molar-refractivity contribution in [1.29, 1.82) is 0 Å². The van der Waals surface area contributed by atoms with Crippen molar-refractivity contribution in [2.45, 2.75) is 167 Å². The molecule has 430 valence electrons. The number of hydrogen-bond acceptors (Lipinski definition) is 0. The smallest absolute Gasteiger partial charge is 0.0218 e. The molecule has 2 bridgehead atoms. The molecule has 0 spiro atoms. The van der Waals surface area contributed by atoms with Crippen LogP contribution in [0.2, 0.25) is 0 Å². The zero-order valence-corrected chi connectivity index (χ0v) is 58.3. The van der Waals surface area contributed by atoms with Gasteiger partial charge in [0.2, 0.25) is 0 Å². The van der Waals surface area contributed by atoms with Crippen molar-refractivity contribution in [2.24, 2.45) is 23.7 Å². The molecular weight excluding hydrogens is 1240 g/mol. The highest BCUT2D eigenvalue weighted by Gasteiger charge is 2.48. The summed E-state index contributed by atoms with van der Waals surface area (Å²) in [4.78, 5) is 0. The van der Waals surface area contributed by atoms with Crippen LogP contribution in [-0.4, -0.2) is 0 Å². The van der Waals surface area contributed by atoms with Gasteiger partial charge in [-0.15, -0.1) is 0 Å². The maximum absolute atomic E-state index is 3.65. The van der Waals surface area contributed by atoms with Gasteiger partial charge in [0.1, 0.15) is 0 Å². The lowest BCUT2D eigenvalue weighted by Gasteiger charge is -2.28. The zero-order valence-electron chi connectivity index (χ0n) is 51.9. The van der Waals surface area contributed by atoms with Gasteiger partial charge in [0, 0.05) is 28.7 Å². The van der Waals surface area contributed by atoms with Crippen LogP contribution in [0, 0.1) is 79.1 Å². The van der Waals surface area contributed by atoms with Crippen molar-refractivity contribution in [3.8, 4) is 11.1 Å². The van der Waals surface area contributed by atoms with Gasteiger partial charge in [-0.05, 0) is 197 Å². The van der Waals surface area contributed by atoms with E-state index in [1.807, 2.05) is 27.7 Å². The number of rotatable bonds is 7. The summed E-state index contributed by atoms with van der Waals surface area (Å²) in [6, 6.07) is 61.3. The molecule has 8 aromatic rings. The van der Waals surface area contributed by atoms with Crippen molar-refractivity contribution < 1.29 is 0 Å². The largest absolute Gasteiger partial charge is 0.0683 e. The fraction of sp³-hybridized carbons (Fsp3) is 0.377. The van der Waals surface area contributed by atoms with E-state index in [0.717, 1.165) is 24.3 Å². The molecule has 11 rings (SSSR count). The quantitative estimate of drug-likeness (QED) is 0.149. The van der Waals surface area contributed by atoms with Crippen LogP contribution < -0.4 is 0 Å². The van der Waals surface area contributed by atoms with Gasteiger partial charge in [-0.2, -0.15) is 0 Å². The maximum atomic E-state index is 3.65. The molecule has 3 fully saturated rings. The van der Waals surface area contributed by atoms with E-state index in [4.69, 9.17) is 0 Å². The van der Waals surface area contributed by atoms with E-state index in [1.54, 1.807) is 38.5 Å². The molecule has 0 saturated heterocycles. The van der Waals surface area contributed by atoms with Crippen LogP contribution in [0.5, 0.6) is 0 Å². The summed E-state index contributed by atoms with van der Waals surface area (Å²) in [5.74, 6) is 4.80. The highest BCUT2D eigenvalue weighted by atomic mass is 79.9.